The Kier molecular flexibility index (Phi) is 6.07. The lowest BCUT2D eigenvalue weighted by molar-refractivity contribution is -0.118. The number of nitrogen functional groups attached to an aromatic ring is 1. The second-order valence-corrected chi connectivity index (χ2v) is 6.44. The largest absolute Gasteiger partial charge is 0.380 e. The van der Waals surface area contributed by atoms with Gasteiger partial charge in [0, 0.05) is 24.2 Å². The number of hydrogen-bond donors (Lipinski definition) is 6. The number of benzene rings is 1. The van der Waals surface area contributed by atoms with Crippen LogP contribution in [0.5, 0.6) is 0 Å². The number of carbonyl (C=O) groups is 2. The normalized spacial score (nSPS) is 12.3. The molecule has 0 aliphatic carbocycles. The number of rotatable bonds is 8. The Bertz CT molecular complexity index is 997. The van der Waals surface area contributed by atoms with Crippen molar-refractivity contribution in [2.75, 3.05) is 36.0 Å². The maximum Gasteiger partial charge on any atom is 0.280 e. The number of nitrogens with two attached hydrogens (primary N) is 2. The van der Waals surface area contributed by atoms with Crippen LogP contribution in [0.2, 0.25) is 0 Å². The van der Waals surface area contributed by atoms with Crippen molar-refractivity contribution in [2.24, 2.45) is 10.7 Å². The lowest BCUT2D eigenvalue weighted by atomic mass is 10.2. The average Bonchev–Trinajstić information content (AvgIpc) is 2.70. The number of carbonyl (C=O) groups excluding carboxylic acids is 2. The van der Waals surface area contributed by atoms with E-state index >= 15 is 0 Å². The summed E-state index contributed by atoms with van der Waals surface area (Å²) in [4.78, 5) is 45.4. The zero-order valence-electron chi connectivity index (χ0n) is 15.6. The van der Waals surface area contributed by atoms with Crippen LogP contribution in [0, 0.1) is 0 Å². The van der Waals surface area contributed by atoms with E-state index in [1.54, 1.807) is 24.3 Å². The van der Waals surface area contributed by atoms with Gasteiger partial charge < -0.3 is 27.4 Å². The molecule has 2 heterocycles. The Hall–Kier alpha value is -3.89. The molecule has 152 valence electrons. The molecule has 2 aromatic rings. The van der Waals surface area contributed by atoms with E-state index in [4.69, 9.17) is 11.5 Å². The molecule has 0 radical (unpaired) electrons. The molecule has 0 fully saturated rings. The van der Waals surface area contributed by atoms with Crippen LogP contribution < -0.4 is 33.0 Å². The number of H-pyrrole nitrogens is 1. The lowest BCUT2D eigenvalue weighted by Crippen LogP contribution is -2.28. The van der Waals surface area contributed by atoms with E-state index in [1.807, 2.05) is 0 Å². The van der Waals surface area contributed by atoms with E-state index in [9.17, 15) is 14.4 Å². The molecule has 1 aromatic carbocycles. The molecule has 0 atom stereocenters. The second kappa shape index (κ2) is 8.87. The number of aromatic amines is 1. The summed E-state index contributed by atoms with van der Waals surface area (Å²) in [7, 11) is 0. The Morgan fingerprint density at radius 3 is 2.69 bits per heavy atom. The summed E-state index contributed by atoms with van der Waals surface area (Å²) in [5, 5.41) is 8.95. The van der Waals surface area contributed by atoms with Crippen molar-refractivity contribution in [1.29, 1.82) is 0 Å². The third kappa shape index (κ3) is 5.31. The van der Waals surface area contributed by atoms with E-state index in [0.717, 1.165) is 11.4 Å². The van der Waals surface area contributed by atoms with Crippen LogP contribution in [0.1, 0.15) is 23.2 Å². The van der Waals surface area contributed by atoms with Gasteiger partial charge in [-0.05, 0) is 30.7 Å². The van der Waals surface area contributed by atoms with Crippen LogP contribution in [0.4, 0.5) is 23.1 Å². The fraction of sp³-hybridized carbons (Fsp3) is 0.278. The third-order valence-electron chi connectivity index (χ3n) is 4.17. The number of primary amides is 1. The van der Waals surface area contributed by atoms with Crippen molar-refractivity contribution in [3.8, 4) is 0 Å². The first-order chi connectivity index (χ1) is 13.9. The highest BCUT2D eigenvalue weighted by Gasteiger charge is 2.16. The first kappa shape index (κ1) is 19.9. The standard InChI is InChI=1S/C18H22N8O3/c19-13(27)2-1-7-21-16(28)10-3-5-11(6-4-10)22-8-12-9-23-15-14(24-12)17(29)26-18(20)25-15/h3-6,22H,1-2,7-9H2,(H2,19,27)(H,21,28)(H4,20,23,25,26,29). The van der Waals surface area contributed by atoms with Gasteiger partial charge in [0.25, 0.3) is 11.5 Å². The Balaban J connectivity index is 1.54. The molecule has 3 rings (SSSR count). The minimum atomic E-state index is -0.400. The fourth-order valence-electron chi connectivity index (χ4n) is 2.71. The molecule has 0 bridgehead atoms. The maximum absolute atomic E-state index is 12.1. The van der Waals surface area contributed by atoms with E-state index < -0.39 is 5.56 Å². The summed E-state index contributed by atoms with van der Waals surface area (Å²) in [5.41, 5.74) is 12.4. The zero-order valence-corrected chi connectivity index (χ0v) is 15.6. The highest BCUT2D eigenvalue weighted by atomic mass is 16.2. The van der Waals surface area contributed by atoms with Crippen LogP contribution in [-0.4, -0.2) is 47.1 Å². The van der Waals surface area contributed by atoms with Gasteiger partial charge in [-0.2, -0.15) is 4.98 Å². The van der Waals surface area contributed by atoms with Crippen LogP contribution in [0.3, 0.4) is 0 Å². The van der Waals surface area contributed by atoms with Gasteiger partial charge in [0.2, 0.25) is 11.9 Å². The predicted octanol–water partition coefficient (Wildman–Crippen LogP) is -0.0425. The number of aromatic nitrogens is 2. The van der Waals surface area contributed by atoms with Crippen LogP contribution in [0.15, 0.2) is 34.1 Å². The Labute approximate surface area is 166 Å². The van der Waals surface area contributed by atoms with E-state index in [-0.39, 0.29) is 29.9 Å². The van der Waals surface area contributed by atoms with Gasteiger partial charge >= 0.3 is 0 Å². The molecule has 1 aliphatic rings. The molecule has 0 spiro atoms. The van der Waals surface area contributed by atoms with Gasteiger partial charge in [0.15, 0.2) is 11.5 Å². The SMILES string of the molecule is NC(=O)CCCNC(=O)c1ccc(NCC2=Nc3c(nc(N)[nH]c3=O)NC2)cc1. The number of amides is 2. The predicted molar refractivity (Wildman–Crippen MR) is 111 cm³/mol. The number of nitrogens with zero attached hydrogens (tertiary/aromatic N) is 2. The minimum absolute atomic E-state index is 0.0371. The minimum Gasteiger partial charge on any atom is -0.380 e. The van der Waals surface area contributed by atoms with E-state index in [1.165, 1.54) is 0 Å². The summed E-state index contributed by atoms with van der Waals surface area (Å²) < 4.78 is 0. The van der Waals surface area contributed by atoms with Gasteiger partial charge in [-0.1, -0.05) is 0 Å². The Morgan fingerprint density at radius 1 is 1.21 bits per heavy atom. The van der Waals surface area contributed by atoms with Gasteiger partial charge in [-0.15, -0.1) is 0 Å². The van der Waals surface area contributed by atoms with Crippen LogP contribution in [0.25, 0.3) is 0 Å². The number of nitrogens with one attached hydrogen (secondary N) is 4. The fourth-order valence-corrected chi connectivity index (χ4v) is 2.71. The summed E-state index contributed by atoms with van der Waals surface area (Å²) in [6.45, 7) is 1.23. The molecule has 11 nitrogen and oxygen atoms in total. The quantitative estimate of drug-likeness (QED) is 0.337. The monoisotopic (exact) mass is 398 g/mol. The zero-order chi connectivity index (χ0) is 20.8. The van der Waals surface area contributed by atoms with Crippen LogP contribution >= 0.6 is 0 Å². The molecule has 11 heteroatoms. The van der Waals surface area contributed by atoms with Gasteiger partial charge in [-0.25, -0.2) is 4.99 Å². The van der Waals surface area contributed by atoms with Crippen molar-refractivity contribution in [3.63, 3.8) is 0 Å². The third-order valence-corrected chi connectivity index (χ3v) is 4.17. The van der Waals surface area contributed by atoms with Crippen molar-refractivity contribution >= 4 is 40.7 Å². The summed E-state index contributed by atoms with van der Waals surface area (Å²) >= 11 is 0. The molecule has 0 saturated carbocycles. The smallest absolute Gasteiger partial charge is 0.280 e. The van der Waals surface area contributed by atoms with Crippen molar-refractivity contribution in [2.45, 2.75) is 12.8 Å². The molecule has 1 aliphatic heterocycles. The van der Waals surface area contributed by atoms with E-state index in [0.29, 0.717) is 37.4 Å². The molecule has 29 heavy (non-hydrogen) atoms. The molecule has 0 unspecified atom stereocenters. The molecule has 8 N–H and O–H groups in total. The summed E-state index contributed by atoms with van der Waals surface area (Å²) in [6.07, 6.45) is 0.743. The summed E-state index contributed by atoms with van der Waals surface area (Å²) in [5.74, 6) is -0.207. The Morgan fingerprint density at radius 2 is 1.97 bits per heavy atom. The lowest BCUT2D eigenvalue weighted by Gasteiger charge is -2.17. The number of fused-ring (bicyclic) bond motifs is 1. The maximum atomic E-state index is 12.1. The number of hydrogen-bond acceptors (Lipinski definition) is 8. The van der Waals surface area contributed by atoms with Crippen molar-refractivity contribution in [3.05, 3.63) is 40.2 Å². The average molecular weight is 398 g/mol. The second-order valence-electron chi connectivity index (χ2n) is 6.44. The van der Waals surface area contributed by atoms with E-state index in [2.05, 4.69) is 30.9 Å². The molecular formula is C18H22N8O3. The highest BCUT2D eigenvalue weighted by molar-refractivity contribution is 5.97. The van der Waals surface area contributed by atoms with Gasteiger partial charge in [0.1, 0.15) is 0 Å². The molecule has 1 aromatic heterocycles. The number of anilines is 3. The van der Waals surface area contributed by atoms with Crippen molar-refractivity contribution in [1.82, 2.24) is 15.3 Å². The van der Waals surface area contributed by atoms with Crippen LogP contribution in [-0.2, 0) is 4.79 Å². The topological polar surface area (TPSA) is 180 Å². The van der Waals surface area contributed by atoms with Gasteiger partial charge in [-0.3, -0.25) is 19.4 Å². The van der Waals surface area contributed by atoms with Crippen molar-refractivity contribution < 1.29 is 9.59 Å². The highest BCUT2D eigenvalue weighted by Crippen LogP contribution is 2.21. The first-order valence-corrected chi connectivity index (χ1v) is 9.03. The summed E-state index contributed by atoms with van der Waals surface area (Å²) in [6, 6.07) is 6.94. The van der Waals surface area contributed by atoms with Gasteiger partial charge in [0.05, 0.1) is 18.8 Å². The molecular weight excluding hydrogens is 376 g/mol. The molecule has 0 saturated heterocycles. The molecule has 2 amide bonds. The first-order valence-electron chi connectivity index (χ1n) is 9.03. The number of aliphatic imine (C=N–C) groups is 1.